The standard InChI is InChI=1S/C9H8ClN3O3/c10-7-8(12-2-1-11-7)13-4-5(9(15)16)3-6(13)14/h1-2,5H,3-4H2,(H,15,16). The molecule has 1 saturated heterocycles. The number of halogens is 1. The van der Waals surface area contributed by atoms with Gasteiger partial charge in [0.15, 0.2) is 11.0 Å². The lowest BCUT2D eigenvalue weighted by Crippen LogP contribution is -2.27. The highest BCUT2D eigenvalue weighted by Crippen LogP contribution is 2.27. The molecule has 1 aromatic heterocycles. The second kappa shape index (κ2) is 4.05. The fourth-order valence-corrected chi connectivity index (χ4v) is 1.78. The van der Waals surface area contributed by atoms with Crippen molar-refractivity contribution in [2.45, 2.75) is 6.42 Å². The fourth-order valence-electron chi connectivity index (χ4n) is 1.57. The number of aliphatic carboxylic acids is 1. The van der Waals surface area contributed by atoms with Crippen LogP contribution in [0.5, 0.6) is 0 Å². The summed E-state index contributed by atoms with van der Waals surface area (Å²) in [6.45, 7) is 0.0899. The van der Waals surface area contributed by atoms with Crippen molar-refractivity contribution in [3.05, 3.63) is 17.5 Å². The Hall–Kier alpha value is -1.69. The summed E-state index contributed by atoms with van der Waals surface area (Å²) in [5.41, 5.74) is 0. The zero-order valence-electron chi connectivity index (χ0n) is 8.13. The number of rotatable bonds is 2. The van der Waals surface area contributed by atoms with E-state index in [1.165, 1.54) is 17.3 Å². The lowest BCUT2D eigenvalue weighted by molar-refractivity contribution is -0.141. The maximum Gasteiger partial charge on any atom is 0.308 e. The van der Waals surface area contributed by atoms with Gasteiger partial charge in [0.1, 0.15) is 0 Å². The van der Waals surface area contributed by atoms with Gasteiger partial charge in [-0.05, 0) is 0 Å². The third-order valence-electron chi connectivity index (χ3n) is 2.37. The van der Waals surface area contributed by atoms with Gasteiger partial charge in [-0.3, -0.25) is 14.5 Å². The predicted molar refractivity (Wildman–Crippen MR) is 55.1 cm³/mol. The third kappa shape index (κ3) is 1.83. The van der Waals surface area contributed by atoms with Crippen LogP contribution in [0.3, 0.4) is 0 Å². The smallest absolute Gasteiger partial charge is 0.308 e. The van der Waals surface area contributed by atoms with Gasteiger partial charge in [-0.2, -0.15) is 0 Å². The molecule has 1 amide bonds. The van der Waals surface area contributed by atoms with Gasteiger partial charge in [0, 0.05) is 25.4 Å². The van der Waals surface area contributed by atoms with Crippen molar-refractivity contribution in [1.82, 2.24) is 9.97 Å². The van der Waals surface area contributed by atoms with Crippen molar-refractivity contribution in [2.24, 2.45) is 5.92 Å². The van der Waals surface area contributed by atoms with Crippen LogP contribution in [0, 0.1) is 5.92 Å². The number of carboxylic acids is 1. The minimum Gasteiger partial charge on any atom is -0.481 e. The topological polar surface area (TPSA) is 83.4 Å². The summed E-state index contributed by atoms with van der Waals surface area (Å²) in [5.74, 6) is -1.77. The molecule has 0 radical (unpaired) electrons. The van der Waals surface area contributed by atoms with Gasteiger partial charge < -0.3 is 5.11 Å². The minimum atomic E-state index is -0.990. The number of aromatic nitrogens is 2. The first kappa shape index (κ1) is 10.8. The van der Waals surface area contributed by atoms with Crippen molar-refractivity contribution in [2.75, 3.05) is 11.4 Å². The van der Waals surface area contributed by atoms with Crippen LogP contribution in [-0.4, -0.2) is 33.5 Å². The first-order valence-corrected chi connectivity index (χ1v) is 4.97. The van der Waals surface area contributed by atoms with Crippen LogP contribution in [0.15, 0.2) is 12.4 Å². The molecule has 0 saturated carbocycles. The highest BCUT2D eigenvalue weighted by Gasteiger charge is 2.36. The summed E-state index contributed by atoms with van der Waals surface area (Å²) < 4.78 is 0. The molecular weight excluding hydrogens is 234 g/mol. The Bertz CT molecular complexity index is 451. The van der Waals surface area contributed by atoms with E-state index >= 15 is 0 Å². The molecule has 0 spiro atoms. The molecule has 1 atom stereocenters. The third-order valence-corrected chi connectivity index (χ3v) is 2.63. The zero-order chi connectivity index (χ0) is 11.7. The molecule has 0 bridgehead atoms. The Balaban J connectivity index is 2.27. The average Bonchev–Trinajstić information content (AvgIpc) is 2.61. The van der Waals surface area contributed by atoms with Crippen LogP contribution < -0.4 is 4.90 Å². The Morgan fingerprint density at radius 1 is 1.50 bits per heavy atom. The first-order valence-electron chi connectivity index (χ1n) is 4.59. The molecule has 2 heterocycles. The summed E-state index contributed by atoms with van der Waals surface area (Å²) in [7, 11) is 0. The Morgan fingerprint density at radius 3 is 2.75 bits per heavy atom. The number of amides is 1. The Morgan fingerprint density at radius 2 is 2.19 bits per heavy atom. The van der Waals surface area contributed by atoms with Gasteiger partial charge in [0.25, 0.3) is 0 Å². The van der Waals surface area contributed by atoms with E-state index in [4.69, 9.17) is 16.7 Å². The lowest BCUT2D eigenvalue weighted by Gasteiger charge is -2.14. The Labute approximate surface area is 95.9 Å². The fraction of sp³-hybridized carbons (Fsp3) is 0.333. The molecule has 1 aliphatic heterocycles. The summed E-state index contributed by atoms with van der Waals surface area (Å²) in [6, 6.07) is 0. The van der Waals surface area contributed by atoms with Crippen molar-refractivity contribution in [3.63, 3.8) is 0 Å². The monoisotopic (exact) mass is 241 g/mol. The van der Waals surface area contributed by atoms with Gasteiger partial charge >= 0.3 is 5.97 Å². The number of carboxylic acid groups (broad SMARTS) is 1. The van der Waals surface area contributed by atoms with Gasteiger partial charge in [-0.1, -0.05) is 11.6 Å². The Kier molecular flexibility index (Phi) is 2.74. The van der Waals surface area contributed by atoms with E-state index in [9.17, 15) is 9.59 Å². The normalized spacial score (nSPS) is 20.2. The van der Waals surface area contributed by atoms with E-state index in [1.54, 1.807) is 0 Å². The van der Waals surface area contributed by atoms with E-state index in [0.717, 1.165) is 0 Å². The maximum absolute atomic E-state index is 11.6. The van der Waals surface area contributed by atoms with E-state index in [0.29, 0.717) is 0 Å². The van der Waals surface area contributed by atoms with Gasteiger partial charge in [0.2, 0.25) is 5.91 Å². The molecule has 0 aromatic carbocycles. The van der Waals surface area contributed by atoms with E-state index < -0.39 is 11.9 Å². The molecule has 1 fully saturated rings. The van der Waals surface area contributed by atoms with Gasteiger partial charge in [-0.25, -0.2) is 9.97 Å². The number of hydrogen-bond acceptors (Lipinski definition) is 4. The zero-order valence-corrected chi connectivity index (χ0v) is 8.89. The SMILES string of the molecule is O=C(O)C1CC(=O)N(c2nccnc2Cl)C1. The largest absolute Gasteiger partial charge is 0.481 e. The number of anilines is 1. The van der Waals surface area contributed by atoms with Crippen LogP contribution in [0.1, 0.15) is 6.42 Å². The number of carbonyl (C=O) groups excluding carboxylic acids is 1. The van der Waals surface area contributed by atoms with Crippen molar-refractivity contribution < 1.29 is 14.7 Å². The quantitative estimate of drug-likeness (QED) is 0.818. The molecule has 2 rings (SSSR count). The molecular formula is C9H8ClN3O3. The second-order valence-electron chi connectivity index (χ2n) is 3.41. The molecule has 1 aromatic rings. The molecule has 7 heteroatoms. The van der Waals surface area contributed by atoms with Crippen LogP contribution in [-0.2, 0) is 9.59 Å². The summed E-state index contributed by atoms with van der Waals surface area (Å²) in [4.78, 5) is 31.3. The van der Waals surface area contributed by atoms with Crippen LogP contribution >= 0.6 is 11.6 Å². The maximum atomic E-state index is 11.6. The predicted octanol–water partition coefficient (Wildman–Crippen LogP) is 0.567. The molecule has 84 valence electrons. The summed E-state index contributed by atoms with van der Waals surface area (Å²) in [6.07, 6.45) is 2.78. The van der Waals surface area contributed by atoms with E-state index in [2.05, 4.69) is 9.97 Å². The van der Waals surface area contributed by atoms with E-state index in [-0.39, 0.29) is 29.8 Å². The lowest BCUT2D eigenvalue weighted by atomic mass is 10.1. The van der Waals surface area contributed by atoms with Gasteiger partial charge in [0.05, 0.1) is 5.92 Å². The van der Waals surface area contributed by atoms with Crippen LogP contribution in [0.4, 0.5) is 5.82 Å². The summed E-state index contributed by atoms with van der Waals surface area (Å²) in [5, 5.41) is 8.92. The average molecular weight is 242 g/mol. The highest BCUT2D eigenvalue weighted by molar-refractivity contribution is 6.32. The molecule has 16 heavy (non-hydrogen) atoms. The summed E-state index contributed by atoms with van der Waals surface area (Å²) >= 11 is 5.78. The molecule has 1 unspecified atom stereocenters. The number of nitrogens with zero attached hydrogens (tertiary/aromatic N) is 3. The molecule has 6 nitrogen and oxygen atoms in total. The van der Waals surface area contributed by atoms with Crippen LogP contribution in [0.2, 0.25) is 5.15 Å². The van der Waals surface area contributed by atoms with Crippen molar-refractivity contribution >= 4 is 29.3 Å². The van der Waals surface area contributed by atoms with Crippen LogP contribution in [0.25, 0.3) is 0 Å². The van der Waals surface area contributed by atoms with Crippen molar-refractivity contribution in [1.29, 1.82) is 0 Å². The second-order valence-corrected chi connectivity index (χ2v) is 3.77. The molecule has 0 aliphatic carbocycles. The molecule has 1 aliphatic rings. The first-order chi connectivity index (χ1) is 7.59. The van der Waals surface area contributed by atoms with E-state index in [1.807, 2.05) is 0 Å². The van der Waals surface area contributed by atoms with Crippen molar-refractivity contribution in [3.8, 4) is 0 Å². The molecule has 1 N–H and O–H groups in total. The number of carbonyl (C=O) groups is 2. The minimum absolute atomic E-state index is 0.0256. The highest BCUT2D eigenvalue weighted by atomic mass is 35.5. The van der Waals surface area contributed by atoms with Gasteiger partial charge in [-0.15, -0.1) is 0 Å². The number of hydrogen-bond donors (Lipinski definition) is 1.